The van der Waals surface area contributed by atoms with Gasteiger partial charge in [0.2, 0.25) is 0 Å². The summed E-state index contributed by atoms with van der Waals surface area (Å²) in [6.45, 7) is 3.99. The van der Waals surface area contributed by atoms with Crippen molar-refractivity contribution in [2.24, 2.45) is 0 Å². The van der Waals surface area contributed by atoms with Gasteiger partial charge < -0.3 is 14.6 Å². The van der Waals surface area contributed by atoms with Crippen LogP contribution in [0.1, 0.15) is 27.2 Å². The lowest BCUT2D eigenvalue weighted by atomic mass is 10.4. The Labute approximate surface area is 87.2 Å². The molecule has 2 atom stereocenters. The van der Waals surface area contributed by atoms with Gasteiger partial charge in [0.25, 0.3) is 0 Å². The number of rotatable bonds is 4. The van der Waals surface area contributed by atoms with Crippen LogP contribution in [-0.4, -0.2) is 35.2 Å². The maximum absolute atomic E-state index is 11.1. The van der Waals surface area contributed by atoms with Crippen molar-refractivity contribution >= 4 is 17.9 Å². The number of hydrogen-bond donors (Lipinski definition) is 1. The summed E-state index contributed by atoms with van der Waals surface area (Å²) >= 11 is 0. The fourth-order valence-corrected chi connectivity index (χ4v) is 0.588. The summed E-state index contributed by atoms with van der Waals surface area (Å²) in [5.74, 6) is -2.58. The molecule has 0 spiro atoms. The first-order chi connectivity index (χ1) is 6.88. The maximum atomic E-state index is 11.1. The molecule has 0 aromatic carbocycles. The monoisotopic (exact) mass is 218 g/mol. The molecule has 0 saturated heterocycles. The van der Waals surface area contributed by atoms with E-state index in [0.29, 0.717) is 0 Å². The normalized spacial score (nSPS) is 13.9. The third kappa shape index (κ3) is 5.11. The fraction of sp³-hybridized carbons (Fsp3) is 0.667. The highest BCUT2D eigenvalue weighted by Crippen LogP contribution is 1.99. The molecule has 0 aromatic heterocycles. The van der Waals surface area contributed by atoms with Gasteiger partial charge in [0, 0.05) is 6.42 Å². The minimum absolute atomic E-state index is 0.0583. The number of aliphatic hydroxyl groups excluding tert-OH is 1. The molecule has 0 aliphatic heterocycles. The zero-order valence-electron chi connectivity index (χ0n) is 8.85. The first kappa shape index (κ1) is 13.6. The van der Waals surface area contributed by atoms with Crippen LogP contribution in [0, 0.1) is 0 Å². The Morgan fingerprint density at radius 1 is 1.20 bits per heavy atom. The lowest BCUT2D eigenvalue weighted by Gasteiger charge is -2.12. The molecule has 0 aliphatic rings. The van der Waals surface area contributed by atoms with Gasteiger partial charge in [-0.05, 0) is 13.8 Å². The summed E-state index contributed by atoms with van der Waals surface area (Å²) in [5, 5.41) is 8.79. The van der Waals surface area contributed by atoms with Crippen LogP contribution in [0.2, 0.25) is 0 Å². The first-order valence-electron chi connectivity index (χ1n) is 4.51. The minimum atomic E-state index is -1.32. The van der Waals surface area contributed by atoms with Crippen molar-refractivity contribution in [1.82, 2.24) is 0 Å². The highest BCUT2D eigenvalue weighted by Gasteiger charge is 2.23. The molecule has 0 fully saturated rings. The number of ether oxygens (including phenoxy) is 2. The molecular formula is C9H14O6. The second-order valence-electron chi connectivity index (χ2n) is 2.90. The Bertz CT molecular complexity index is 257. The third-order valence-corrected chi connectivity index (χ3v) is 1.47. The van der Waals surface area contributed by atoms with Gasteiger partial charge in [0.1, 0.15) is 6.10 Å². The van der Waals surface area contributed by atoms with Crippen LogP contribution in [0.25, 0.3) is 0 Å². The fourth-order valence-electron chi connectivity index (χ4n) is 0.588. The average Bonchev–Trinajstić information content (AvgIpc) is 2.16. The van der Waals surface area contributed by atoms with Crippen LogP contribution in [0.3, 0.4) is 0 Å². The average molecular weight is 218 g/mol. The smallest absolute Gasteiger partial charge is 0.354 e. The van der Waals surface area contributed by atoms with Crippen LogP contribution in [-0.2, 0) is 23.9 Å². The quantitative estimate of drug-likeness (QED) is 0.518. The topological polar surface area (TPSA) is 89.9 Å². The van der Waals surface area contributed by atoms with Crippen LogP contribution in [0.15, 0.2) is 0 Å². The standard InChI is InChI=1S/C9H14O6/c1-4-7(11)15-9(13)6(3)14-8(12)5(2)10/h5-6,10H,4H2,1-3H3. The van der Waals surface area contributed by atoms with E-state index in [-0.39, 0.29) is 6.42 Å². The van der Waals surface area contributed by atoms with Crippen molar-refractivity contribution in [2.75, 3.05) is 0 Å². The van der Waals surface area contributed by atoms with Gasteiger partial charge in [-0.2, -0.15) is 0 Å². The highest BCUT2D eigenvalue weighted by atomic mass is 16.6. The largest absolute Gasteiger partial charge is 0.449 e. The van der Waals surface area contributed by atoms with Crippen molar-refractivity contribution in [2.45, 2.75) is 39.4 Å². The van der Waals surface area contributed by atoms with Gasteiger partial charge in [-0.25, -0.2) is 9.59 Å². The van der Waals surface area contributed by atoms with E-state index in [1.54, 1.807) is 0 Å². The van der Waals surface area contributed by atoms with E-state index < -0.39 is 30.1 Å². The first-order valence-corrected chi connectivity index (χ1v) is 4.51. The van der Waals surface area contributed by atoms with E-state index in [2.05, 4.69) is 9.47 Å². The molecule has 2 unspecified atom stereocenters. The Balaban J connectivity index is 4.10. The minimum Gasteiger partial charge on any atom is -0.449 e. The zero-order chi connectivity index (χ0) is 12.0. The summed E-state index contributed by atoms with van der Waals surface area (Å²) in [6.07, 6.45) is -2.47. The van der Waals surface area contributed by atoms with Crippen LogP contribution < -0.4 is 0 Å². The number of aliphatic hydroxyl groups is 1. The SMILES string of the molecule is CCC(=O)OC(=O)C(C)OC(=O)C(C)O. The van der Waals surface area contributed by atoms with Crippen molar-refractivity contribution in [3.05, 3.63) is 0 Å². The number of hydrogen-bond acceptors (Lipinski definition) is 6. The van der Waals surface area contributed by atoms with Crippen LogP contribution >= 0.6 is 0 Å². The van der Waals surface area contributed by atoms with E-state index in [1.165, 1.54) is 20.8 Å². The Morgan fingerprint density at radius 3 is 2.13 bits per heavy atom. The lowest BCUT2D eigenvalue weighted by molar-refractivity contribution is -0.175. The van der Waals surface area contributed by atoms with Crippen molar-refractivity contribution in [1.29, 1.82) is 0 Å². The molecule has 0 heterocycles. The number of carbonyl (C=O) groups excluding carboxylic acids is 3. The Morgan fingerprint density at radius 2 is 1.73 bits per heavy atom. The molecule has 6 nitrogen and oxygen atoms in total. The summed E-state index contributed by atoms with van der Waals surface area (Å²) < 4.78 is 8.81. The van der Waals surface area contributed by atoms with Gasteiger partial charge in [-0.3, -0.25) is 4.79 Å². The van der Waals surface area contributed by atoms with Gasteiger partial charge in [0.05, 0.1) is 0 Å². The molecule has 86 valence electrons. The molecular weight excluding hydrogens is 204 g/mol. The van der Waals surface area contributed by atoms with E-state index in [1.807, 2.05) is 0 Å². The Hall–Kier alpha value is -1.43. The van der Waals surface area contributed by atoms with Crippen LogP contribution in [0.4, 0.5) is 0 Å². The predicted octanol–water partition coefficient (Wildman–Crippen LogP) is -0.221. The molecule has 0 aliphatic carbocycles. The molecule has 0 aromatic rings. The van der Waals surface area contributed by atoms with Gasteiger partial charge in [0.15, 0.2) is 6.10 Å². The van der Waals surface area contributed by atoms with Gasteiger partial charge in [-0.15, -0.1) is 0 Å². The summed E-state index contributed by atoms with van der Waals surface area (Å²) in [6, 6.07) is 0. The maximum Gasteiger partial charge on any atom is 0.354 e. The summed E-state index contributed by atoms with van der Waals surface area (Å²) in [4.78, 5) is 32.6. The van der Waals surface area contributed by atoms with E-state index in [9.17, 15) is 14.4 Å². The molecule has 0 radical (unpaired) electrons. The molecule has 0 saturated carbocycles. The molecule has 6 heteroatoms. The Kier molecular flexibility index (Phi) is 5.54. The zero-order valence-corrected chi connectivity index (χ0v) is 8.85. The third-order valence-electron chi connectivity index (χ3n) is 1.47. The summed E-state index contributed by atoms with van der Waals surface area (Å²) in [7, 11) is 0. The van der Waals surface area contributed by atoms with E-state index in [0.717, 1.165) is 0 Å². The molecule has 0 amide bonds. The van der Waals surface area contributed by atoms with E-state index >= 15 is 0 Å². The molecule has 0 bridgehead atoms. The molecule has 0 rings (SSSR count). The lowest BCUT2D eigenvalue weighted by Crippen LogP contribution is -2.31. The summed E-state index contributed by atoms with van der Waals surface area (Å²) in [5.41, 5.74) is 0. The number of esters is 3. The van der Waals surface area contributed by atoms with E-state index in [4.69, 9.17) is 5.11 Å². The van der Waals surface area contributed by atoms with Gasteiger partial charge >= 0.3 is 17.9 Å². The second-order valence-corrected chi connectivity index (χ2v) is 2.90. The molecule has 15 heavy (non-hydrogen) atoms. The van der Waals surface area contributed by atoms with Gasteiger partial charge in [-0.1, -0.05) is 6.92 Å². The second kappa shape index (κ2) is 6.13. The van der Waals surface area contributed by atoms with Crippen molar-refractivity contribution < 1.29 is 29.0 Å². The van der Waals surface area contributed by atoms with Crippen molar-refractivity contribution in [3.8, 4) is 0 Å². The highest BCUT2D eigenvalue weighted by molar-refractivity contribution is 5.89. The van der Waals surface area contributed by atoms with Crippen LogP contribution in [0.5, 0.6) is 0 Å². The predicted molar refractivity (Wildman–Crippen MR) is 48.6 cm³/mol. The molecule has 1 N–H and O–H groups in total. The number of carbonyl (C=O) groups is 3. The van der Waals surface area contributed by atoms with Crippen molar-refractivity contribution in [3.63, 3.8) is 0 Å².